The van der Waals surface area contributed by atoms with Crippen LogP contribution in [-0.2, 0) is 6.42 Å². The van der Waals surface area contributed by atoms with E-state index in [1.54, 1.807) is 0 Å². The van der Waals surface area contributed by atoms with Crippen LogP contribution in [0.3, 0.4) is 0 Å². The van der Waals surface area contributed by atoms with Gasteiger partial charge in [-0.15, -0.1) is 13.2 Å². The summed E-state index contributed by atoms with van der Waals surface area (Å²) < 4.78 is 2.23. The van der Waals surface area contributed by atoms with Gasteiger partial charge in [-0.25, -0.2) is 9.98 Å². The second-order valence-electron chi connectivity index (χ2n) is 16.5. The molecule has 3 heteroatoms. The van der Waals surface area contributed by atoms with Crippen molar-refractivity contribution in [3.05, 3.63) is 240 Å². The molecule has 8 aromatic rings. The fourth-order valence-electron chi connectivity index (χ4n) is 8.90. The van der Waals surface area contributed by atoms with Gasteiger partial charge < -0.3 is 0 Å². The molecule has 0 atom stereocenters. The van der Waals surface area contributed by atoms with Crippen LogP contribution in [0.2, 0.25) is 0 Å². The van der Waals surface area contributed by atoms with E-state index >= 15 is 0 Å². The lowest BCUT2D eigenvalue weighted by Crippen LogP contribution is -2.13. The number of rotatable bonds is 7. The summed E-state index contributed by atoms with van der Waals surface area (Å²) in [7, 11) is 0. The molecule has 0 bridgehead atoms. The highest BCUT2D eigenvalue weighted by atomic mass is 15.2. The molecule has 0 aliphatic heterocycles. The molecule has 1 aliphatic rings. The van der Waals surface area contributed by atoms with E-state index in [2.05, 4.69) is 235 Å². The van der Waals surface area contributed by atoms with Crippen LogP contribution in [0.1, 0.15) is 76.3 Å². The Morgan fingerprint density at radius 3 is 2.05 bits per heavy atom. The minimum absolute atomic E-state index is 0.566. The van der Waals surface area contributed by atoms with Crippen molar-refractivity contribution in [1.29, 1.82) is 0 Å². The second-order valence-corrected chi connectivity index (χ2v) is 16.5. The maximum atomic E-state index is 5.42. The molecule has 0 saturated heterocycles. The molecule has 3 nitrogen and oxygen atoms in total. The highest BCUT2D eigenvalue weighted by molar-refractivity contribution is 6.17. The Morgan fingerprint density at radius 1 is 0.606 bits per heavy atom. The van der Waals surface area contributed by atoms with Crippen LogP contribution in [0, 0.1) is 6.92 Å². The van der Waals surface area contributed by atoms with E-state index in [0.717, 1.165) is 50.6 Å². The Kier molecular flexibility index (Phi) is 14.7. The van der Waals surface area contributed by atoms with E-state index in [0.29, 0.717) is 11.7 Å². The van der Waals surface area contributed by atoms with Crippen molar-refractivity contribution >= 4 is 55.9 Å². The van der Waals surface area contributed by atoms with Gasteiger partial charge in [0.1, 0.15) is 0 Å². The zero-order valence-electron chi connectivity index (χ0n) is 39.9. The van der Waals surface area contributed by atoms with Gasteiger partial charge in [0, 0.05) is 16.5 Å². The Bertz CT molecular complexity index is 3290. The maximum absolute atomic E-state index is 5.42. The van der Waals surface area contributed by atoms with Crippen molar-refractivity contribution in [2.75, 3.05) is 0 Å². The maximum Gasteiger partial charge on any atom is 0.235 e. The predicted molar refractivity (Wildman–Crippen MR) is 291 cm³/mol. The Balaban J connectivity index is 0.00000158. The summed E-state index contributed by atoms with van der Waals surface area (Å²) in [5, 5.41) is 4.66. The normalized spacial score (nSPS) is 13.2. The van der Waals surface area contributed by atoms with Crippen LogP contribution in [0.15, 0.2) is 222 Å². The van der Waals surface area contributed by atoms with Crippen LogP contribution in [0.4, 0.5) is 0 Å². The highest BCUT2D eigenvalue weighted by Crippen LogP contribution is 2.42. The van der Waals surface area contributed by atoms with Crippen molar-refractivity contribution in [3.8, 4) is 22.3 Å². The van der Waals surface area contributed by atoms with Gasteiger partial charge in [-0.1, -0.05) is 178 Å². The molecule has 9 rings (SSSR count). The van der Waals surface area contributed by atoms with Crippen LogP contribution in [0.25, 0.3) is 66.5 Å². The molecule has 1 heterocycles. The molecular formula is C63H61N3. The van der Waals surface area contributed by atoms with Gasteiger partial charge in [-0.05, 0) is 149 Å². The summed E-state index contributed by atoms with van der Waals surface area (Å²) in [5.41, 5.74) is 19.4. The number of aromatic nitrogens is 1. The number of allylic oxidation sites excluding steroid dienone is 7. The fraction of sp³-hybridized carbons (Fsp3) is 0.143. The molecular weight excluding hydrogens is 799 g/mol. The molecule has 0 N–H and O–H groups in total. The van der Waals surface area contributed by atoms with Crippen molar-refractivity contribution in [2.45, 2.75) is 61.8 Å². The van der Waals surface area contributed by atoms with Crippen molar-refractivity contribution in [2.24, 2.45) is 9.98 Å². The summed E-state index contributed by atoms with van der Waals surface area (Å²) in [4.78, 5) is 10.8. The van der Waals surface area contributed by atoms with Gasteiger partial charge in [0.05, 0.1) is 16.7 Å². The van der Waals surface area contributed by atoms with Crippen LogP contribution in [-0.4, -0.2) is 16.2 Å². The molecule has 7 aromatic carbocycles. The standard InChI is InChI=1S/C59H51N3.C2H6.C2H4/c1-8-18-38(2)39(3)33-40(4)42(6)60-59(61-43(7)46-28-27-45-21-12-13-22-47(45)34-46)62-57-26-17-16-25-54(57)55-30-29-49(37-58(55)62)51-31-32-53-52-24-15-14-23-48(52)35-50(36-56(53)41(51)5)44-19-10-9-11-20-44;2*1-2/h8-35,37H,6,36H2,1-5,7H3;1-2H3;1-2H2/b18-8-,39-38+,40-33+,60-59?,61-43+;;. The summed E-state index contributed by atoms with van der Waals surface area (Å²) in [6, 6.07) is 54.7. The smallest absolute Gasteiger partial charge is 0.235 e. The molecule has 66 heavy (non-hydrogen) atoms. The van der Waals surface area contributed by atoms with Crippen LogP contribution < -0.4 is 0 Å². The monoisotopic (exact) mass is 859 g/mol. The number of nitrogens with zero attached hydrogens (tertiary/aromatic N) is 3. The van der Waals surface area contributed by atoms with Crippen LogP contribution >= 0.6 is 0 Å². The molecule has 1 aliphatic carbocycles. The zero-order chi connectivity index (χ0) is 46.9. The van der Waals surface area contributed by atoms with Gasteiger partial charge >= 0.3 is 0 Å². The summed E-state index contributed by atoms with van der Waals surface area (Å²) >= 11 is 0. The molecule has 328 valence electrons. The van der Waals surface area contributed by atoms with E-state index in [4.69, 9.17) is 9.98 Å². The average molecular weight is 860 g/mol. The van der Waals surface area contributed by atoms with E-state index in [-0.39, 0.29) is 0 Å². The molecule has 1 aromatic heterocycles. The van der Waals surface area contributed by atoms with Crippen LogP contribution in [0.5, 0.6) is 0 Å². The first-order valence-electron chi connectivity index (χ1n) is 23.0. The van der Waals surface area contributed by atoms with Gasteiger partial charge in [-0.3, -0.25) is 4.57 Å². The SMILES string of the molecule is C=C.C=C(N=C(/N=C(\C)c1ccc2ccccc2c1)n1c2ccccc2c2ccc(-c3ccc4c(c3C)CC(c3ccccc3)=Cc3ccccc3-4)cc21)/C(C)=C/C(C)=C(C)/C=C\C.CC. The van der Waals surface area contributed by atoms with Gasteiger partial charge in [0.15, 0.2) is 0 Å². The van der Waals surface area contributed by atoms with Gasteiger partial charge in [0.25, 0.3) is 0 Å². The number of hydrogen-bond donors (Lipinski definition) is 0. The lowest BCUT2D eigenvalue weighted by molar-refractivity contribution is 1.17. The summed E-state index contributed by atoms with van der Waals surface area (Å²) in [6.07, 6.45) is 9.58. The number of aliphatic imine (C=N–C) groups is 2. The second kappa shape index (κ2) is 20.9. The predicted octanol–water partition coefficient (Wildman–Crippen LogP) is 17.6. The van der Waals surface area contributed by atoms with Gasteiger partial charge in [-0.2, -0.15) is 0 Å². The summed E-state index contributed by atoms with van der Waals surface area (Å²) in [5.74, 6) is 0.566. The van der Waals surface area contributed by atoms with Crippen molar-refractivity contribution in [3.63, 3.8) is 0 Å². The number of fused-ring (bicyclic) bond motifs is 7. The quantitative estimate of drug-likeness (QED) is 0.0661. The van der Waals surface area contributed by atoms with Gasteiger partial charge in [0.2, 0.25) is 5.96 Å². The Hall–Kier alpha value is -7.62. The third-order valence-electron chi connectivity index (χ3n) is 12.5. The third kappa shape index (κ3) is 9.43. The largest absolute Gasteiger partial charge is 0.278 e. The average Bonchev–Trinajstić information content (AvgIpc) is 3.58. The molecule has 0 spiro atoms. The molecule has 0 saturated carbocycles. The fourth-order valence-corrected chi connectivity index (χ4v) is 8.90. The first-order valence-corrected chi connectivity index (χ1v) is 23.0. The topological polar surface area (TPSA) is 29.6 Å². The molecule has 0 unspecified atom stereocenters. The van der Waals surface area contributed by atoms with E-state index in [9.17, 15) is 0 Å². The first kappa shape index (κ1) is 46.4. The van der Waals surface area contributed by atoms with E-state index in [1.807, 2.05) is 20.8 Å². The highest BCUT2D eigenvalue weighted by Gasteiger charge is 2.22. The van der Waals surface area contributed by atoms with E-state index < -0.39 is 0 Å². The Labute approximate surface area is 392 Å². The first-order chi connectivity index (χ1) is 32.2. The zero-order valence-corrected chi connectivity index (χ0v) is 39.9. The lowest BCUT2D eigenvalue weighted by atomic mass is 9.87. The van der Waals surface area contributed by atoms with Crippen molar-refractivity contribution < 1.29 is 0 Å². The molecule has 0 fully saturated rings. The Morgan fingerprint density at radius 2 is 1.27 bits per heavy atom. The number of para-hydroxylation sites is 1. The third-order valence-corrected chi connectivity index (χ3v) is 12.5. The number of benzene rings is 7. The minimum Gasteiger partial charge on any atom is -0.278 e. The van der Waals surface area contributed by atoms with Crippen molar-refractivity contribution in [1.82, 2.24) is 4.57 Å². The molecule has 0 amide bonds. The summed E-state index contributed by atoms with van der Waals surface area (Å²) in [6.45, 7) is 27.3. The lowest BCUT2D eigenvalue weighted by Gasteiger charge is -2.18. The van der Waals surface area contributed by atoms with E-state index in [1.165, 1.54) is 66.4 Å². The number of hydrogen-bond acceptors (Lipinski definition) is 1. The molecule has 0 radical (unpaired) electrons. The minimum atomic E-state index is 0.566.